The Labute approximate surface area is 320 Å². The Morgan fingerprint density at radius 3 is 1.43 bits per heavy atom. The van der Waals surface area contributed by atoms with Crippen molar-refractivity contribution in [3.8, 4) is 0 Å². The minimum absolute atomic E-state index is 0.217. The summed E-state index contributed by atoms with van der Waals surface area (Å²) < 4.78 is 22.8. The summed E-state index contributed by atoms with van der Waals surface area (Å²) in [6.07, 6.45) is 20.0. The monoisotopic (exact) mass is 780 g/mol. The van der Waals surface area contributed by atoms with Gasteiger partial charge in [0.15, 0.2) is 0 Å². The molecule has 0 aromatic rings. The van der Waals surface area contributed by atoms with Crippen LogP contribution in [-0.4, -0.2) is 96.8 Å². The molecule has 53 heavy (non-hydrogen) atoms. The van der Waals surface area contributed by atoms with Gasteiger partial charge in [-0.25, -0.2) is 4.57 Å². The van der Waals surface area contributed by atoms with E-state index in [-0.39, 0.29) is 12.3 Å². The Balaban J connectivity index is 2.56. The molecule has 1 saturated carbocycles. The second kappa shape index (κ2) is 31.2. The fourth-order valence-corrected chi connectivity index (χ4v) is 7.75. The first-order valence-corrected chi connectivity index (χ1v) is 22.6. The zero-order valence-electron chi connectivity index (χ0n) is 33.1. The highest BCUT2D eigenvalue weighted by atomic mass is 31.2. The third-order valence-corrected chi connectivity index (χ3v) is 11.3. The number of phosphoric ester groups is 1. The lowest BCUT2D eigenvalue weighted by atomic mass is 9.85. The third kappa shape index (κ3) is 23.7. The molecule has 0 saturated heterocycles. The van der Waals surface area contributed by atoms with Crippen LogP contribution >= 0.6 is 7.82 Å². The predicted octanol–water partition coefficient (Wildman–Crippen LogP) is 6.89. The highest BCUT2D eigenvalue weighted by Crippen LogP contribution is 2.47. The van der Waals surface area contributed by atoms with E-state index in [9.17, 15) is 44.9 Å². The van der Waals surface area contributed by atoms with E-state index in [1.54, 1.807) is 0 Å². The molecule has 1 fully saturated rings. The van der Waals surface area contributed by atoms with Gasteiger partial charge in [0.1, 0.15) is 36.6 Å². The summed E-state index contributed by atoms with van der Waals surface area (Å²) in [7, 11) is -5.07. The summed E-state index contributed by atoms with van der Waals surface area (Å²) in [4.78, 5) is 23.3. The molecule has 0 aromatic carbocycles. The number of allylic oxidation sites excluding steroid dienone is 1. The molecule has 1 rings (SSSR count). The second-order valence-corrected chi connectivity index (χ2v) is 16.6. The fraction of sp³-hybridized carbons (Fsp3) is 0.925. The van der Waals surface area contributed by atoms with Crippen LogP contribution in [0.2, 0.25) is 0 Å². The molecule has 1 aliphatic rings. The van der Waals surface area contributed by atoms with Gasteiger partial charge in [0.2, 0.25) is 5.91 Å². The average molecular weight is 780 g/mol. The highest BCUT2D eigenvalue weighted by molar-refractivity contribution is 7.47. The molecule has 1 aliphatic carbocycles. The standard InChI is InChI=1S/C40H78NO11P/c1-3-5-7-9-11-13-15-17-18-19-21-23-25-27-29-33(42)32(41-34(43)30-28-26-24-22-20-16-14-12-10-8-6-4-2)31-51-53(49,50)52-40-38(47)36(45)35(44)37(46)39(40)48/h27,29,32-33,35-40,42,44-48H,3-26,28,30-31H2,1-2H3,(H,41,43)(H,49,50)/b29-27+/t32-,33+,35?,36+,37?,38?,39?,40?/m0/s1. The molecule has 12 nitrogen and oxygen atoms in total. The third-order valence-electron chi connectivity index (χ3n) is 10.3. The van der Waals surface area contributed by atoms with Gasteiger partial charge < -0.3 is 40.8 Å². The minimum Gasteiger partial charge on any atom is -0.387 e. The Bertz CT molecular complexity index is 957. The predicted molar refractivity (Wildman–Crippen MR) is 209 cm³/mol. The molecular weight excluding hydrogens is 701 g/mol. The lowest BCUT2D eigenvalue weighted by molar-refractivity contribution is -0.220. The van der Waals surface area contributed by atoms with Gasteiger partial charge in [0.25, 0.3) is 0 Å². The number of nitrogens with one attached hydrogen (secondary N) is 1. The molecular formula is C40H78NO11P. The summed E-state index contributed by atoms with van der Waals surface area (Å²) in [6, 6.07) is -1.11. The number of aliphatic hydroxyl groups excluding tert-OH is 6. The minimum atomic E-state index is -5.07. The van der Waals surface area contributed by atoms with E-state index in [0.29, 0.717) is 6.42 Å². The maximum atomic E-state index is 12.9. The van der Waals surface area contributed by atoms with E-state index < -0.39 is 63.2 Å². The van der Waals surface area contributed by atoms with E-state index in [4.69, 9.17) is 9.05 Å². The van der Waals surface area contributed by atoms with Crippen molar-refractivity contribution in [1.82, 2.24) is 5.32 Å². The molecule has 0 aromatic heterocycles. The maximum absolute atomic E-state index is 12.9. The molecule has 314 valence electrons. The van der Waals surface area contributed by atoms with E-state index in [2.05, 4.69) is 19.2 Å². The summed E-state index contributed by atoms with van der Waals surface area (Å²) >= 11 is 0. The molecule has 0 bridgehead atoms. The molecule has 8 N–H and O–H groups in total. The Morgan fingerprint density at radius 1 is 0.623 bits per heavy atom. The number of hydrogen-bond acceptors (Lipinski definition) is 10. The molecule has 0 spiro atoms. The van der Waals surface area contributed by atoms with Gasteiger partial charge in [-0.3, -0.25) is 13.8 Å². The SMILES string of the molecule is CCCCCCCCCCCCCC/C=C/[C@@H](O)[C@H](COP(=O)(O)OC1C(O)C(O)C(O)[C@@H](O)C1O)NC(=O)CCCCCCCCCCCCCC. The van der Waals surface area contributed by atoms with Gasteiger partial charge in [-0.2, -0.15) is 0 Å². The number of carbonyl (C=O) groups is 1. The van der Waals surface area contributed by atoms with Gasteiger partial charge in [-0.05, 0) is 19.3 Å². The summed E-state index contributed by atoms with van der Waals surface area (Å²) in [5.74, 6) is -0.342. The average Bonchev–Trinajstić information content (AvgIpc) is 3.13. The number of rotatable bonds is 34. The van der Waals surface area contributed by atoms with Gasteiger partial charge in [-0.15, -0.1) is 0 Å². The maximum Gasteiger partial charge on any atom is 0.472 e. The van der Waals surface area contributed by atoms with Crippen molar-refractivity contribution in [3.63, 3.8) is 0 Å². The normalized spacial score (nSPS) is 24.3. The van der Waals surface area contributed by atoms with E-state index in [1.165, 1.54) is 115 Å². The fourth-order valence-electron chi connectivity index (χ4n) is 6.78. The number of hydrogen-bond donors (Lipinski definition) is 8. The summed E-state index contributed by atoms with van der Waals surface area (Å²) in [5, 5.41) is 63.8. The smallest absolute Gasteiger partial charge is 0.387 e. The van der Waals surface area contributed by atoms with Crippen molar-refractivity contribution in [3.05, 3.63) is 12.2 Å². The number of amides is 1. The number of phosphoric acid groups is 1. The number of carbonyl (C=O) groups excluding carboxylic acids is 1. The number of unbranched alkanes of at least 4 members (excludes halogenated alkanes) is 23. The van der Waals surface area contributed by atoms with E-state index in [1.807, 2.05) is 6.08 Å². The van der Waals surface area contributed by atoms with Crippen molar-refractivity contribution in [2.45, 2.75) is 230 Å². The first kappa shape index (κ1) is 50.1. The molecule has 0 radical (unpaired) electrons. The van der Waals surface area contributed by atoms with Gasteiger partial charge in [0, 0.05) is 6.42 Å². The first-order chi connectivity index (χ1) is 25.4. The Morgan fingerprint density at radius 2 is 1.00 bits per heavy atom. The second-order valence-electron chi connectivity index (χ2n) is 15.2. The summed E-state index contributed by atoms with van der Waals surface area (Å²) in [5.41, 5.74) is 0. The zero-order chi connectivity index (χ0) is 39.3. The van der Waals surface area contributed by atoms with Crippen LogP contribution < -0.4 is 5.32 Å². The van der Waals surface area contributed by atoms with Gasteiger partial charge >= 0.3 is 7.82 Å². The first-order valence-electron chi connectivity index (χ1n) is 21.1. The molecule has 13 heteroatoms. The molecule has 0 heterocycles. The van der Waals surface area contributed by atoms with Gasteiger partial charge in [-0.1, -0.05) is 167 Å². The van der Waals surface area contributed by atoms with Crippen molar-refractivity contribution >= 4 is 13.7 Å². The van der Waals surface area contributed by atoms with Crippen LogP contribution in [0.15, 0.2) is 12.2 Å². The highest BCUT2D eigenvalue weighted by Gasteiger charge is 2.51. The van der Waals surface area contributed by atoms with Crippen molar-refractivity contribution in [2.24, 2.45) is 0 Å². The van der Waals surface area contributed by atoms with Crippen molar-refractivity contribution in [2.75, 3.05) is 6.61 Å². The lowest BCUT2D eigenvalue weighted by Gasteiger charge is -2.41. The zero-order valence-corrected chi connectivity index (χ0v) is 34.0. The number of aliphatic hydroxyl groups is 6. The molecule has 9 atom stereocenters. The van der Waals surface area contributed by atoms with Crippen LogP contribution in [0.5, 0.6) is 0 Å². The molecule has 0 aliphatic heterocycles. The van der Waals surface area contributed by atoms with Crippen molar-refractivity contribution < 1.29 is 53.9 Å². The Kier molecular flexibility index (Phi) is 29.5. The quantitative estimate of drug-likeness (QED) is 0.0192. The lowest BCUT2D eigenvalue weighted by Crippen LogP contribution is -2.64. The molecule has 6 unspecified atom stereocenters. The molecule has 1 amide bonds. The van der Waals surface area contributed by atoms with Crippen molar-refractivity contribution in [1.29, 1.82) is 0 Å². The van der Waals surface area contributed by atoms with Crippen LogP contribution in [0.3, 0.4) is 0 Å². The van der Waals surface area contributed by atoms with Gasteiger partial charge in [0.05, 0.1) is 18.8 Å². The van der Waals surface area contributed by atoms with Crippen LogP contribution in [0.25, 0.3) is 0 Å². The van der Waals surface area contributed by atoms with E-state index >= 15 is 0 Å². The summed E-state index contributed by atoms with van der Waals surface area (Å²) in [6.45, 7) is 3.81. The largest absolute Gasteiger partial charge is 0.472 e. The van der Waals surface area contributed by atoms with E-state index in [0.717, 1.165) is 44.9 Å². The van der Waals surface area contributed by atoms with Crippen LogP contribution in [-0.2, 0) is 18.4 Å². The van der Waals surface area contributed by atoms with Crippen LogP contribution in [0.4, 0.5) is 0 Å². The Hall–Kier alpha value is -0.920. The topological polar surface area (TPSA) is 206 Å². The van der Waals surface area contributed by atoms with Crippen LogP contribution in [0, 0.1) is 0 Å². The van der Waals surface area contributed by atoms with Crippen LogP contribution in [0.1, 0.15) is 181 Å².